The van der Waals surface area contributed by atoms with Gasteiger partial charge in [0.1, 0.15) is 24.4 Å². The van der Waals surface area contributed by atoms with E-state index in [0.717, 1.165) is 38.5 Å². The van der Waals surface area contributed by atoms with E-state index in [9.17, 15) is 30.3 Å². The number of unbranched alkanes of at least 4 members (excludes halogenated alkanes) is 41. The summed E-state index contributed by atoms with van der Waals surface area (Å²) in [6.45, 7) is 3.88. The number of carbonyl (C=O) groups is 1. The van der Waals surface area contributed by atoms with E-state index in [0.29, 0.717) is 12.8 Å². The van der Waals surface area contributed by atoms with Gasteiger partial charge < -0.3 is 40.3 Å². The van der Waals surface area contributed by atoms with Crippen LogP contribution in [0.5, 0.6) is 0 Å². The molecule has 0 aliphatic carbocycles. The minimum atomic E-state index is -1.55. The van der Waals surface area contributed by atoms with E-state index in [2.05, 4.69) is 31.3 Å². The van der Waals surface area contributed by atoms with E-state index >= 15 is 0 Å². The second-order valence-corrected chi connectivity index (χ2v) is 21.5. The van der Waals surface area contributed by atoms with Crippen molar-refractivity contribution in [3.05, 3.63) is 12.2 Å². The molecule has 1 rings (SSSR count). The number of aliphatic hydroxyl groups excluding tert-OH is 5. The van der Waals surface area contributed by atoms with Gasteiger partial charge in [-0.2, -0.15) is 0 Å². The van der Waals surface area contributed by atoms with Gasteiger partial charge in [0.15, 0.2) is 6.29 Å². The van der Waals surface area contributed by atoms with Crippen molar-refractivity contribution in [3.63, 3.8) is 0 Å². The van der Waals surface area contributed by atoms with E-state index in [1.165, 1.54) is 244 Å². The van der Waals surface area contributed by atoms with Gasteiger partial charge in [-0.3, -0.25) is 4.79 Å². The first kappa shape index (κ1) is 65.9. The van der Waals surface area contributed by atoms with Crippen molar-refractivity contribution < 1.29 is 39.8 Å². The molecule has 0 aromatic rings. The van der Waals surface area contributed by atoms with Gasteiger partial charge in [0.25, 0.3) is 0 Å². The normalized spacial score (nSPS) is 19.4. The van der Waals surface area contributed by atoms with Crippen LogP contribution in [0.3, 0.4) is 0 Å². The van der Waals surface area contributed by atoms with Crippen LogP contribution < -0.4 is 5.32 Å². The number of rotatable bonds is 53. The molecule has 7 unspecified atom stereocenters. The third-order valence-corrected chi connectivity index (χ3v) is 14.9. The average molecular weight is 981 g/mol. The Morgan fingerprint density at radius 2 is 0.812 bits per heavy atom. The largest absolute Gasteiger partial charge is 0.394 e. The predicted molar refractivity (Wildman–Crippen MR) is 291 cm³/mol. The van der Waals surface area contributed by atoms with Crippen molar-refractivity contribution in [2.24, 2.45) is 0 Å². The Bertz CT molecular complexity index is 1090. The molecule has 0 aromatic carbocycles. The van der Waals surface area contributed by atoms with Crippen molar-refractivity contribution in [1.29, 1.82) is 0 Å². The molecule has 9 nitrogen and oxygen atoms in total. The lowest BCUT2D eigenvalue weighted by atomic mass is 9.99. The summed E-state index contributed by atoms with van der Waals surface area (Å²) in [4.78, 5) is 13.1. The summed E-state index contributed by atoms with van der Waals surface area (Å²) >= 11 is 0. The number of hydrogen-bond donors (Lipinski definition) is 6. The summed E-state index contributed by atoms with van der Waals surface area (Å²) in [5.74, 6) is -0.138. The van der Waals surface area contributed by atoms with Gasteiger partial charge in [-0.05, 0) is 38.5 Å². The van der Waals surface area contributed by atoms with Gasteiger partial charge >= 0.3 is 0 Å². The highest BCUT2D eigenvalue weighted by atomic mass is 16.7. The Hall–Kier alpha value is -1.07. The molecule has 0 radical (unpaired) electrons. The van der Waals surface area contributed by atoms with Crippen LogP contribution in [-0.4, -0.2) is 87.5 Å². The number of amides is 1. The first-order valence-corrected chi connectivity index (χ1v) is 30.4. The molecule has 1 aliphatic rings. The lowest BCUT2D eigenvalue weighted by molar-refractivity contribution is -0.302. The maximum Gasteiger partial charge on any atom is 0.220 e. The van der Waals surface area contributed by atoms with Gasteiger partial charge in [0.05, 0.1) is 25.4 Å². The summed E-state index contributed by atoms with van der Waals surface area (Å²) in [6.07, 6.45) is 55.4. The van der Waals surface area contributed by atoms with Crippen molar-refractivity contribution >= 4 is 5.91 Å². The number of allylic oxidation sites excluding steroid dienone is 2. The zero-order chi connectivity index (χ0) is 50.1. The maximum absolute atomic E-state index is 13.1. The molecule has 69 heavy (non-hydrogen) atoms. The lowest BCUT2D eigenvalue weighted by Crippen LogP contribution is -2.60. The quantitative estimate of drug-likeness (QED) is 0.0261. The molecular formula is C60H117NO8. The molecule has 1 aliphatic heterocycles. The van der Waals surface area contributed by atoms with E-state index in [1.807, 2.05) is 0 Å². The van der Waals surface area contributed by atoms with E-state index < -0.39 is 49.5 Å². The number of ether oxygens (including phenoxy) is 2. The average Bonchev–Trinajstić information content (AvgIpc) is 3.35. The van der Waals surface area contributed by atoms with Crippen molar-refractivity contribution in [2.75, 3.05) is 13.2 Å². The lowest BCUT2D eigenvalue weighted by Gasteiger charge is -2.40. The topological polar surface area (TPSA) is 149 Å². The Balaban J connectivity index is 2.13. The van der Waals surface area contributed by atoms with Crippen molar-refractivity contribution in [3.8, 4) is 0 Å². The van der Waals surface area contributed by atoms with Crippen LogP contribution in [0.1, 0.15) is 309 Å². The van der Waals surface area contributed by atoms with Gasteiger partial charge in [0.2, 0.25) is 5.91 Å². The Kier molecular flexibility index (Phi) is 48.2. The molecule has 1 saturated heterocycles. The highest BCUT2D eigenvalue weighted by Crippen LogP contribution is 2.23. The number of carbonyl (C=O) groups excluding carboxylic acids is 1. The fourth-order valence-electron chi connectivity index (χ4n) is 10.0. The molecular weight excluding hydrogens is 863 g/mol. The SMILES string of the molecule is CCCCCCCCCCCCCC/C=C\CCCCCCCCCCCCCCCCC(=O)NC(COC1OC(CO)C(O)C(O)C1O)C(O)CCCCCCCCCCCCCCCCCC. The molecule has 1 amide bonds. The first-order valence-electron chi connectivity index (χ1n) is 30.4. The zero-order valence-electron chi connectivity index (χ0n) is 45.6. The molecule has 410 valence electrons. The summed E-state index contributed by atoms with van der Waals surface area (Å²) in [5, 5.41) is 54.7. The Labute approximate surface area is 426 Å². The highest BCUT2D eigenvalue weighted by Gasteiger charge is 2.44. The smallest absolute Gasteiger partial charge is 0.220 e. The summed E-state index contributed by atoms with van der Waals surface area (Å²) in [5.41, 5.74) is 0. The molecule has 0 bridgehead atoms. The number of hydrogen-bond acceptors (Lipinski definition) is 8. The fraction of sp³-hybridized carbons (Fsp3) is 0.950. The van der Waals surface area contributed by atoms with Crippen LogP contribution in [-0.2, 0) is 14.3 Å². The van der Waals surface area contributed by atoms with Crippen LogP contribution >= 0.6 is 0 Å². The van der Waals surface area contributed by atoms with E-state index in [4.69, 9.17) is 9.47 Å². The monoisotopic (exact) mass is 980 g/mol. The summed E-state index contributed by atoms with van der Waals surface area (Å²) < 4.78 is 11.3. The maximum atomic E-state index is 13.1. The second-order valence-electron chi connectivity index (χ2n) is 21.5. The molecule has 9 heteroatoms. The second kappa shape index (κ2) is 50.5. The van der Waals surface area contributed by atoms with E-state index in [1.54, 1.807) is 0 Å². The van der Waals surface area contributed by atoms with E-state index in [-0.39, 0.29) is 12.5 Å². The standard InChI is InChI=1S/C60H117NO8/c1-3-5-7-9-11-13-15-17-19-21-22-23-24-25-26-27-28-29-30-31-32-33-34-36-38-40-42-44-46-48-50-56(64)61-53(52-68-60-59(67)58(66)57(65)55(51-62)69-60)54(63)49-47-45-43-41-39-37-35-20-18-16-14-12-10-8-6-4-2/h25-26,53-55,57-60,62-63,65-67H,3-24,27-52H2,1-2H3,(H,61,64)/b26-25-. The van der Waals surface area contributed by atoms with Crippen LogP contribution in [0, 0.1) is 0 Å². The highest BCUT2D eigenvalue weighted by molar-refractivity contribution is 5.76. The third-order valence-electron chi connectivity index (χ3n) is 14.9. The van der Waals surface area contributed by atoms with Crippen molar-refractivity contribution in [1.82, 2.24) is 5.32 Å². The minimum Gasteiger partial charge on any atom is -0.394 e. The molecule has 1 fully saturated rings. The van der Waals surface area contributed by atoms with Crippen molar-refractivity contribution in [2.45, 2.75) is 352 Å². The van der Waals surface area contributed by atoms with Gasteiger partial charge in [-0.1, -0.05) is 276 Å². The third kappa shape index (κ3) is 40.1. The summed E-state index contributed by atoms with van der Waals surface area (Å²) in [7, 11) is 0. The molecule has 7 atom stereocenters. The molecule has 0 aromatic heterocycles. The van der Waals surface area contributed by atoms with Crippen LogP contribution in [0.25, 0.3) is 0 Å². The van der Waals surface area contributed by atoms with Crippen LogP contribution in [0.2, 0.25) is 0 Å². The number of aliphatic hydroxyl groups is 5. The van der Waals surface area contributed by atoms with Gasteiger partial charge in [-0.15, -0.1) is 0 Å². The predicted octanol–water partition coefficient (Wildman–Crippen LogP) is 15.2. The molecule has 0 spiro atoms. The first-order chi connectivity index (χ1) is 33.8. The van der Waals surface area contributed by atoms with Crippen LogP contribution in [0.4, 0.5) is 0 Å². The minimum absolute atomic E-state index is 0.133. The Morgan fingerprint density at radius 3 is 1.17 bits per heavy atom. The zero-order valence-corrected chi connectivity index (χ0v) is 45.6. The number of nitrogens with one attached hydrogen (secondary N) is 1. The Morgan fingerprint density at radius 1 is 0.478 bits per heavy atom. The van der Waals surface area contributed by atoms with Crippen LogP contribution in [0.15, 0.2) is 12.2 Å². The van der Waals surface area contributed by atoms with Gasteiger partial charge in [-0.25, -0.2) is 0 Å². The molecule has 1 heterocycles. The summed E-state index contributed by atoms with van der Waals surface area (Å²) in [6, 6.07) is -0.716. The molecule has 6 N–H and O–H groups in total. The fourth-order valence-corrected chi connectivity index (χ4v) is 10.0. The molecule has 0 saturated carbocycles. The van der Waals surface area contributed by atoms with Gasteiger partial charge in [0, 0.05) is 6.42 Å².